The monoisotopic (exact) mass is 468 g/mol. The van der Waals surface area contributed by atoms with Crippen LogP contribution in [0.5, 0.6) is 0 Å². The van der Waals surface area contributed by atoms with E-state index in [4.69, 9.17) is 18.9 Å². The summed E-state index contributed by atoms with van der Waals surface area (Å²) in [6.45, 7) is 15.1. The Bertz CT molecular complexity index is 607. The number of rotatable bonds is 18. The number of carbonyl (C=O) groups excluding carboxylic acids is 1. The van der Waals surface area contributed by atoms with Crippen molar-refractivity contribution < 1.29 is 23.7 Å². The fourth-order valence-electron chi connectivity index (χ4n) is 4.75. The Labute approximate surface area is 204 Å². The van der Waals surface area contributed by atoms with Crippen LogP contribution in [0, 0.1) is 17.3 Å². The Morgan fingerprint density at radius 1 is 0.970 bits per heavy atom. The van der Waals surface area contributed by atoms with Crippen LogP contribution in [-0.4, -0.2) is 59.1 Å². The van der Waals surface area contributed by atoms with Gasteiger partial charge in [0.15, 0.2) is 0 Å². The van der Waals surface area contributed by atoms with Crippen LogP contribution in [0.4, 0.5) is 0 Å². The van der Waals surface area contributed by atoms with E-state index in [1.54, 1.807) is 28.4 Å². The number of carbonyl (C=O) groups is 1. The third kappa shape index (κ3) is 10.4. The molecule has 0 aromatic heterocycles. The maximum Gasteiger partial charge on any atom is 0.146 e. The van der Waals surface area contributed by atoms with Crippen LogP contribution in [0.2, 0.25) is 0 Å². The van der Waals surface area contributed by atoms with E-state index in [0.717, 1.165) is 25.7 Å². The van der Waals surface area contributed by atoms with Crippen molar-refractivity contribution in [2.75, 3.05) is 35.0 Å². The van der Waals surface area contributed by atoms with E-state index in [1.165, 1.54) is 11.1 Å². The lowest BCUT2D eigenvalue weighted by molar-refractivity contribution is -0.145. The molecule has 0 aliphatic carbocycles. The van der Waals surface area contributed by atoms with Gasteiger partial charge in [-0.1, -0.05) is 45.4 Å². The lowest BCUT2D eigenvalue weighted by Crippen LogP contribution is -2.46. The molecule has 0 rings (SSSR count). The molecular formula is C28H52O5. The zero-order valence-electron chi connectivity index (χ0n) is 23.3. The van der Waals surface area contributed by atoms with E-state index in [9.17, 15) is 4.79 Å². The van der Waals surface area contributed by atoms with Crippen molar-refractivity contribution in [2.45, 2.75) is 98.9 Å². The highest BCUT2D eigenvalue weighted by molar-refractivity contribution is 5.87. The Morgan fingerprint density at radius 3 is 2.09 bits per heavy atom. The van der Waals surface area contributed by atoms with E-state index < -0.39 is 5.41 Å². The quantitative estimate of drug-likeness (QED) is 0.218. The highest BCUT2D eigenvalue weighted by Crippen LogP contribution is 2.34. The first-order valence-corrected chi connectivity index (χ1v) is 12.4. The van der Waals surface area contributed by atoms with Gasteiger partial charge in [0, 0.05) is 46.4 Å². The van der Waals surface area contributed by atoms with Gasteiger partial charge < -0.3 is 18.9 Å². The first kappa shape index (κ1) is 32.0. The van der Waals surface area contributed by atoms with Crippen LogP contribution >= 0.6 is 0 Å². The highest BCUT2D eigenvalue weighted by atomic mass is 16.5. The molecule has 0 bridgehead atoms. The number of ether oxygens (including phenoxy) is 4. The maximum absolute atomic E-state index is 13.4. The van der Waals surface area contributed by atoms with E-state index in [2.05, 4.69) is 32.9 Å². The predicted molar refractivity (Wildman–Crippen MR) is 138 cm³/mol. The number of allylic oxidation sites excluding steroid dienone is 2. The summed E-state index contributed by atoms with van der Waals surface area (Å²) in [4.78, 5) is 13.4. The topological polar surface area (TPSA) is 54.0 Å². The number of methoxy groups -OCH3 is 4. The lowest BCUT2D eigenvalue weighted by Gasteiger charge is -2.37. The van der Waals surface area contributed by atoms with Gasteiger partial charge in [0.25, 0.3) is 0 Å². The average molecular weight is 469 g/mol. The molecule has 0 aliphatic rings. The molecule has 0 saturated carbocycles. The van der Waals surface area contributed by atoms with Gasteiger partial charge in [-0.3, -0.25) is 4.79 Å². The Hall–Kier alpha value is -1.01. The summed E-state index contributed by atoms with van der Waals surface area (Å²) >= 11 is 0. The minimum atomic E-state index is -0.606. The molecule has 5 unspecified atom stereocenters. The zero-order chi connectivity index (χ0) is 25.6. The van der Waals surface area contributed by atoms with Gasteiger partial charge in [-0.2, -0.15) is 0 Å². The van der Waals surface area contributed by atoms with Crippen molar-refractivity contribution in [1.29, 1.82) is 0 Å². The molecule has 5 heteroatoms. The molecule has 0 aromatic rings. The largest absolute Gasteiger partial charge is 0.385 e. The van der Waals surface area contributed by atoms with Gasteiger partial charge in [-0.05, 0) is 64.4 Å². The Morgan fingerprint density at radius 2 is 1.61 bits per heavy atom. The van der Waals surface area contributed by atoms with Gasteiger partial charge in [0.2, 0.25) is 0 Å². The maximum atomic E-state index is 13.4. The van der Waals surface area contributed by atoms with Crippen molar-refractivity contribution in [3.05, 3.63) is 23.3 Å². The SMILES string of the molecule is C/C=C(\C)C(CC=C(C)CCCC(C)C(OC)C(C)C(=O)C(C)(C)C(CCOC)OC)OC. The molecule has 0 fully saturated rings. The van der Waals surface area contributed by atoms with Crippen LogP contribution < -0.4 is 0 Å². The molecule has 0 saturated heterocycles. The highest BCUT2D eigenvalue weighted by Gasteiger charge is 2.42. The van der Waals surface area contributed by atoms with Crippen molar-refractivity contribution in [3.8, 4) is 0 Å². The molecule has 194 valence electrons. The van der Waals surface area contributed by atoms with Gasteiger partial charge in [0.05, 0.1) is 18.3 Å². The average Bonchev–Trinajstić information content (AvgIpc) is 2.79. The molecule has 5 atom stereocenters. The minimum Gasteiger partial charge on any atom is -0.385 e. The molecule has 0 amide bonds. The fourth-order valence-corrected chi connectivity index (χ4v) is 4.75. The van der Waals surface area contributed by atoms with E-state index in [0.29, 0.717) is 13.0 Å². The predicted octanol–water partition coefficient (Wildman–Crippen LogP) is 6.41. The molecule has 0 N–H and O–H groups in total. The van der Waals surface area contributed by atoms with Gasteiger partial charge in [0.1, 0.15) is 5.78 Å². The standard InChI is InChI=1S/C28H52O5/c1-12-21(3)24(31-9)17-16-20(2)14-13-15-22(4)26(33-11)23(5)27(29)28(6,7)25(32-10)18-19-30-8/h12,16,22-26H,13-15,17-19H2,1-11H3/b20-16?,21-12+. The molecule has 0 radical (unpaired) electrons. The van der Waals surface area contributed by atoms with Crippen molar-refractivity contribution in [3.63, 3.8) is 0 Å². The minimum absolute atomic E-state index is 0.115. The van der Waals surface area contributed by atoms with Gasteiger partial charge in [-0.15, -0.1) is 0 Å². The Balaban J connectivity index is 4.96. The van der Waals surface area contributed by atoms with Crippen molar-refractivity contribution in [2.24, 2.45) is 17.3 Å². The summed E-state index contributed by atoms with van der Waals surface area (Å²) in [6.07, 6.45) is 8.97. The molecule has 0 aromatic carbocycles. The molecule has 0 aliphatic heterocycles. The normalized spacial score (nSPS) is 18.0. The molecule has 0 heterocycles. The van der Waals surface area contributed by atoms with Crippen LogP contribution in [0.3, 0.4) is 0 Å². The summed E-state index contributed by atoms with van der Waals surface area (Å²) in [5, 5.41) is 0. The van der Waals surface area contributed by atoms with E-state index >= 15 is 0 Å². The van der Waals surface area contributed by atoms with Crippen molar-refractivity contribution in [1.82, 2.24) is 0 Å². The second kappa shape index (κ2) is 16.6. The summed E-state index contributed by atoms with van der Waals surface area (Å²) < 4.78 is 22.3. The van der Waals surface area contributed by atoms with Crippen LogP contribution in [0.15, 0.2) is 23.3 Å². The number of ketones is 1. The number of Topliss-reactive ketones (excluding diaryl/α,β-unsaturated/α-hetero) is 1. The fraction of sp³-hybridized carbons (Fsp3) is 0.821. The van der Waals surface area contributed by atoms with Crippen LogP contribution in [0.1, 0.15) is 80.6 Å². The van der Waals surface area contributed by atoms with Gasteiger partial charge in [-0.25, -0.2) is 0 Å². The number of hydrogen-bond acceptors (Lipinski definition) is 5. The molecule has 33 heavy (non-hydrogen) atoms. The van der Waals surface area contributed by atoms with E-state index in [1.807, 2.05) is 27.7 Å². The number of hydrogen-bond donors (Lipinski definition) is 0. The van der Waals surface area contributed by atoms with Crippen LogP contribution in [-0.2, 0) is 23.7 Å². The third-order valence-electron chi connectivity index (χ3n) is 7.21. The Kier molecular flexibility index (Phi) is 16.1. The first-order chi connectivity index (χ1) is 15.5. The van der Waals surface area contributed by atoms with Crippen LogP contribution in [0.25, 0.3) is 0 Å². The molecular weight excluding hydrogens is 416 g/mol. The lowest BCUT2D eigenvalue weighted by atomic mass is 9.73. The summed E-state index contributed by atoms with van der Waals surface area (Å²) in [7, 11) is 6.82. The zero-order valence-corrected chi connectivity index (χ0v) is 23.3. The summed E-state index contributed by atoms with van der Waals surface area (Å²) in [6, 6.07) is 0. The third-order valence-corrected chi connectivity index (χ3v) is 7.21. The van der Waals surface area contributed by atoms with E-state index in [-0.39, 0.29) is 35.9 Å². The van der Waals surface area contributed by atoms with Crippen molar-refractivity contribution >= 4 is 5.78 Å². The molecule has 0 spiro atoms. The second-order valence-electron chi connectivity index (χ2n) is 9.99. The van der Waals surface area contributed by atoms with Gasteiger partial charge >= 0.3 is 0 Å². The smallest absolute Gasteiger partial charge is 0.146 e. The molecule has 5 nitrogen and oxygen atoms in total. The summed E-state index contributed by atoms with van der Waals surface area (Å²) in [5.74, 6) is 0.266. The second-order valence-corrected chi connectivity index (χ2v) is 9.99. The summed E-state index contributed by atoms with van der Waals surface area (Å²) in [5.41, 5.74) is 2.04. The first-order valence-electron chi connectivity index (χ1n) is 12.4.